The predicted molar refractivity (Wildman–Crippen MR) is 93.7 cm³/mol. The molecule has 0 N–H and O–H groups in total. The molecule has 0 saturated carbocycles. The van der Waals surface area contributed by atoms with Gasteiger partial charge in [-0.2, -0.15) is 0 Å². The molecule has 1 fully saturated rings. The lowest BCUT2D eigenvalue weighted by molar-refractivity contribution is 0.0904. The molecule has 0 amide bonds. The fraction of sp³-hybridized carbons (Fsp3) is 0.421. The fourth-order valence-electron chi connectivity index (χ4n) is 3.13. The number of methoxy groups -OCH3 is 1. The van der Waals surface area contributed by atoms with Gasteiger partial charge in [-0.25, -0.2) is 9.97 Å². The first kappa shape index (κ1) is 16.4. The Bertz CT molecular complexity index is 700. The van der Waals surface area contributed by atoms with E-state index >= 15 is 0 Å². The zero-order valence-electron chi connectivity index (χ0n) is 14.2. The second-order valence-corrected chi connectivity index (χ2v) is 6.09. The van der Waals surface area contributed by atoms with Crippen LogP contribution in [0.5, 0.6) is 5.75 Å². The molecule has 1 aromatic heterocycles. The minimum atomic E-state index is -0.0514. The number of hydrogen-bond acceptors (Lipinski definition) is 5. The Morgan fingerprint density at radius 2 is 2.04 bits per heavy atom. The number of piperidine rings is 1. The summed E-state index contributed by atoms with van der Waals surface area (Å²) in [6, 6.07) is 7.43. The lowest BCUT2D eigenvalue weighted by atomic mass is 9.89. The van der Waals surface area contributed by atoms with Crippen LogP contribution in [0.4, 0.5) is 5.95 Å². The van der Waals surface area contributed by atoms with E-state index in [0.29, 0.717) is 23.8 Å². The van der Waals surface area contributed by atoms with E-state index in [1.54, 1.807) is 7.11 Å². The number of benzene rings is 1. The average Bonchev–Trinajstić information content (AvgIpc) is 2.67. The van der Waals surface area contributed by atoms with Crippen molar-refractivity contribution in [2.24, 2.45) is 5.92 Å². The molecule has 5 heteroatoms. The normalized spacial score (nSPS) is 17.6. The highest BCUT2D eigenvalue weighted by Gasteiger charge is 2.29. The molecule has 3 rings (SSSR count). The first-order valence-electron chi connectivity index (χ1n) is 8.46. The van der Waals surface area contributed by atoms with Gasteiger partial charge in [0.15, 0.2) is 5.78 Å². The van der Waals surface area contributed by atoms with Crippen molar-refractivity contribution >= 4 is 11.7 Å². The number of hydrogen-bond donors (Lipinski definition) is 0. The smallest absolute Gasteiger partial charge is 0.225 e. The highest BCUT2D eigenvalue weighted by atomic mass is 16.5. The Kier molecular flexibility index (Phi) is 5.08. The molecule has 5 nitrogen and oxygen atoms in total. The SMILES string of the molecule is CCc1cnc(N2CCC[C@H](C(=O)c3ccccc3OC)C2)nc1. The molecule has 0 radical (unpaired) electrons. The van der Waals surface area contributed by atoms with Gasteiger partial charge in [-0.1, -0.05) is 19.1 Å². The van der Waals surface area contributed by atoms with E-state index in [2.05, 4.69) is 21.8 Å². The second-order valence-electron chi connectivity index (χ2n) is 6.09. The molecule has 1 aromatic carbocycles. The Labute approximate surface area is 142 Å². The summed E-state index contributed by atoms with van der Waals surface area (Å²) >= 11 is 0. The lowest BCUT2D eigenvalue weighted by Gasteiger charge is -2.32. The van der Waals surface area contributed by atoms with Crippen molar-refractivity contribution in [1.82, 2.24) is 9.97 Å². The van der Waals surface area contributed by atoms with Crippen molar-refractivity contribution in [3.8, 4) is 5.75 Å². The number of aromatic nitrogens is 2. The third kappa shape index (κ3) is 3.40. The molecule has 0 bridgehead atoms. The van der Waals surface area contributed by atoms with Gasteiger partial charge < -0.3 is 9.64 Å². The van der Waals surface area contributed by atoms with Crippen LogP contribution in [0, 0.1) is 5.92 Å². The van der Waals surface area contributed by atoms with Crippen LogP contribution >= 0.6 is 0 Å². The highest BCUT2D eigenvalue weighted by Crippen LogP contribution is 2.27. The highest BCUT2D eigenvalue weighted by molar-refractivity contribution is 6.00. The van der Waals surface area contributed by atoms with E-state index in [1.165, 1.54) is 0 Å². The van der Waals surface area contributed by atoms with Crippen LogP contribution in [0.15, 0.2) is 36.7 Å². The molecule has 2 heterocycles. The number of aryl methyl sites for hydroxylation is 1. The Balaban J connectivity index is 1.76. The Hall–Kier alpha value is -2.43. The number of nitrogens with zero attached hydrogens (tertiary/aromatic N) is 3. The summed E-state index contributed by atoms with van der Waals surface area (Å²) in [7, 11) is 1.60. The van der Waals surface area contributed by atoms with Gasteiger partial charge in [0, 0.05) is 31.4 Å². The molecule has 24 heavy (non-hydrogen) atoms. The topological polar surface area (TPSA) is 55.3 Å². The Morgan fingerprint density at radius 3 is 2.75 bits per heavy atom. The van der Waals surface area contributed by atoms with Crippen LogP contribution < -0.4 is 9.64 Å². The number of ether oxygens (including phenoxy) is 1. The Morgan fingerprint density at radius 1 is 1.29 bits per heavy atom. The van der Waals surface area contributed by atoms with Gasteiger partial charge in [-0.15, -0.1) is 0 Å². The van der Waals surface area contributed by atoms with Crippen molar-refractivity contribution in [2.75, 3.05) is 25.1 Å². The molecule has 126 valence electrons. The molecule has 1 saturated heterocycles. The minimum absolute atomic E-state index is 0.0514. The van der Waals surface area contributed by atoms with Crippen molar-refractivity contribution in [2.45, 2.75) is 26.2 Å². The molecular weight excluding hydrogens is 302 g/mol. The second kappa shape index (κ2) is 7.43. The van der Waals surface area contributed by atoms with E-state index < -0.39 is 0 Å². The number of para-hydroxylation sites is 1. The van der Waals surface area contributed by atoms with E-state index in [1.807, 2.05) is 36.7 Å². The molecule has 0 spiro atoms. The number of carbonyl (C=O) groups excluding carboxylic acids is 1. The van der Waals surface area contributed by atoms with Gasteiger partial charge in [0.2, 0.25) is 5.95 Å². The van der Waals surface area contributed by atoms with E-state index in [-0.39, 0.29) is 11.7 Å². The lowest BCUT2D eigenvalue weighted by Crippen LogP contribution is -2.39. The summed E-state index contributed by atoms with van der Waals surface area (Å²) in [5.74, 6) is 1.44. The molecular formula is C19H23N3O2. The molecule has 2 aromatic rings. The maximum Gasteiger partial charge on any atom is 0.225 e. The van der Waals surface area contributed by atoms with Crippen LogP contribution in [0.25, 0.3) is 0 Å². The summed E-state index contributed by atoms with van der Waals surface area (Å²) in [6.07, 6.45) is 6.52. The summed E-state index contributed by atoms with van der Waals surface area (Å²) in [6.45, 7) is 3.63. The van der Waals surface area contributed by atoms with E-state index in [4.69, 9.17) is 4.74 Å². The third-order valence-corrected chi connectivity index (χ3v) is 4.55. The summed E-state index contributed by atoms with van der Waals surface area (Å²) in [5, 5.41) is 0. The first-order chi connectivity index (χ1) is 11.7. The number of Topliss-reactive ketones (excluding diaryl/α,β-unsaturated/α-hetero) is 1. The predicted octanol–water partition coefficient (Wildman–Crippen LogP) is 3.15. The molecule has 0 unspecified atom stereocenters. The van der Waals surface area contributed by atoms with Gasteiger partial charge in [0.05, 0.1) is 12.7 Å². The number of anilines is 1. The minimum Gasteiger partial charge on any atom is -0.496 e. The molecule has 0 aliphatic carbocycles. The quantitative estimate of drug-likeness (QED) is 0.791. The maximum atomic E-state index is 12.9. The summed E-state index contributed by atoms with van der Waals surface area (Å²) in [4.78, 5) is 23.9. The molecule has 1 aliphatic rings. The van der Waals surface area contributed by atoms with Gasteiger partial charge in [-0.3, -0.25) is 4.79 Å². The standard InChI is InChI=1S/C19H23N3O2/c1-3-14-11-20-19(21-12-14)22-10-6-7-15(13-22)18(23)16-8-4-5-9-17(16)24-2/h4-5,8-9,11-12,15H,3,6-7,10,13H2,1-2H3/t15-/m0/s1. The molecule has 1 aliphatic heterocycles. The van der Waals surface area contributed by atoms with Crippen molar-refractivity contribution < 1.29 is 9.53 Å². The number of rotatable bonds is 5. The van der Waals surface area contributed by atoms with Crippen LogP contribution in [0.3, 0.4) is 0 Å². The molecule has 1 atom stereocenters. The first-order valence-corrected chi connectivity index (χ1v) is 8.46. The monoisotopic (exact) mass is 325 g/mol. The maximum absolute atomic E-state index is 12.9. The van der Waals surface area contributed by atoms with Crippen LogP contribution in [0.1, 0.15) is 35.7 Å². The number of ketones is 1. The van der Waals surface area contributed by atoms with Crippen molar-refractivity contribution in [3.05, 3.63) is 47.8 Å². The van der Waals surface area contributed by atoms with Gasteiger partial charge in [0.1, 0.15) is 5.75 Å². The zero-order chi connectivity index (χ0) is 16.9. The summed E-state index contributed by atoms with van der Waals surface area (Å²) in [5.41, 5.74) is 1.78. The van der Waals surface area contributed by atoms with Gasteiger partial charge >= 0.3 is 0 Å². The van der Waals surface area contributed by atoms with Crippen molar-refractivity contribution in [1.29, 1.82) is 0 Å². The van der Waals surface area contributed by atoms with Gasteiger partial charge in [0.25, 0.3) is 0 Å². The summed E-state index contributed by atoms with van der Waals surface area (Å²) < 4.78 is 5.34. The van der Waals surface area contributed by atoms with E-state index in [9.17, 15) is 4.79 Å². The largest absolute Gasteiger partial charge is 0.496 e. The number of carbonyl (C=O) groups is 1. The zero-order valence-corrected chi connectivity index (χ0v) is 14.2. The van der Waals surface area contributed by atoms with Gasteiger partial charge in [-0.05, 0) is 37.0 Å². The van der Waals surface area contributed by atoms with Crippen LogP contribution in [-0.2, 0) is 6.42 Å². The van der Waals surface area contributed by atoms with Crippen molar-refractivity contribution in [3.63, 3.8) is 0 Å². The van der Waals surface area contributed by atoms with Crippen LogP contribution in [-0.4, -0.2) is 36.0 Å². The van der Waals surface area contributed by atoms with Crippen LogP contribution in [0.2, 0.25) is 0 Å². The average molecular weight is 325 g/mol. The fourth-order valence-corrected chi connectivity index (χ4v) is 3.13. The third-order valence-electron chi connectivity index (χ3n) is 4.55. The van der Waals surface area contributed by atoms with E-state index in [0.717, 1.165) is 31.4 Å².